The number of urea groups is 1. The number of alkyl halides is 3. The van der Waals surface area contributed by atoms with E-state index in [2.05, 4.69) is 15.6 Å². The summed E-state index contributed by atoms with van der Waals surface area (Å²) in [6.45, 7) is 6.29. The molecule has 1 aromatic rings. The van der Waals surface area contributed by atoms with Gasteiger partial charge in [0.05, 0.1) is 5.56 Å². The van der Waals surface area contributed by atoms with Crippen molar-refractivity contribution in [1.82, 2.24) is 15.5 Å². The van der Waals surface area contributed by atoms with Gasteiger partial charge in [0.1, 0.15) is 0 Å². The molecular weight excluding hydrogens is 383 g/mol. The standard InChI is InChI=1S/C20H30F3N5O/c1-3-25-19(27-17-8-11-28(12-9-17)18(24)29)26-10-7-14(2)15-5-4-6-16(13-15)20(21,22)23/h4-6,13-14,17H,3,7-12H2,1-2H3,(H2,24,29)(H2,25,26,27). The van der Waals surface area contributed by atoms with E-state index in [-0.39, 0.29) is 12.0 Å². The van der Waals surface area contributed by atoms with Gasteiger partial charge in [-0.1, -0.05) is 25.1 Å². The monoisotopic (exact) mass is 413 g/mol. The van der Waals surface area contributed by atoms with Crippen molar-refractivity contribution in [2.45, 2.75) is 51.2 Å². The summed E-state index contributed by atoms with van der Waals surface area (Å²) in [4.78, 5) is 17.4. The number of nitrogens with one attached hydrogen (secondary N) is 2. The zero-order valence-corrected chi connectivity index (χ0v) is 16.9. The van der Waals surface area contributed by atoms with Crippen LogP contribution < -0.4 is 16.4 Å². The van der Waals surface area contributed by atoms with Gasteiger partial charge < -0.3 is 21.3 Å². The number of nitrogens with two attached hydrogens (primary N) is 1. The lowest BCUT2D eigenvalue weighted by Gasteiger charge is -2.32. The second kappa shape index (κ2) is 10.4. The molecule has 1 saturated heterocycles. The summed E-state index contributed by atoms with van der Waals surface area (Å²) in [7, 11) is 0. The van der Waals surface area contributed by atoms with Gasteiger partial charge in [0.15, 0.2) is 5.96 Å². The molecule has 0 spiro atoms. The first-order valence-corrected chi connectivity index (χ1v) is 9.97. The number of likely N-dealkylation sites (tertiary alicyclic amines) is 1. The van der Waals surface area contributed by atoms with Gasteiger partial charge in [-0.25, -0.2) is 4.79 Å². The molecule has 1 atom stereocenters. The number of guanidine groups is 1. The molecule has 29 heavy (non-hydrogen) atoms. The fourth-order valence-corrected chi connectivity index (χ4v) is 3.32. The van der Waals surface area contributed by atoms with Crippen molar-refractivity contribution in [3.8, 4) is 0 Å². The molecule has 0 bridgehead atoms. The smallest absolute Gasteiger partial charge is 0.357 e. The molecule has 1 unspecified atom stereocenters. The van der Waals surface area contributed by atoms with Gasteiger partial charge in [-0.05, 0) is 43.7 Å². The number of nitrogens with zero attached hydrogens (tertiary/aromatic N) is 2. The lowest BCUT2D eigenvalue weighted by atomic mass is 9.96. The summed E-state index contributed by atoms with van der Waals surface area (Å²) in [6.07, 6.45) is -2.12. The Balaban J connectivity index is 1.89. The number of carbonyl (C=O) groups is 1. The molecule has 4 N–H and O–H groups in total. The van der Waals surface area contributed by atoms with Gasteiger partial charge in [-0.15, -0.1) is 0 Å². The first-order chi connectivity index (χ1) is 13.7. The van der Waals surface area contributed by atoms with Crippen LogP contribution in [-0.4, -0.2) is 49.1 Å². The van der Waals surface area contributed by atoms with E-state index >= 15 is 0 Å². The number of piperidine rings is 1. The Bertz CT molecular complexity index is 700. The minimum absolute atomic E-state index is 0.0391. The van der Waals surface area contributed by atoms with Crippen molar-refractivity contribution < 1.29 is 18.0 Å². The molecule has 1 aromatic carbocycles. The van der Waals surface area contributed by atoms with Crippen LogP contribution in [0.5, 0.6) is 0 Å². The molecule has 0 saturated carbocycles. The van der Waals surface area contributed by atoms with Gasteiger partial charge in [0.25, 0.3) is 0 Å². The highest BCUT2D eigenvalue weighted by Gasteiger charge is 2.30. The number of primary amides is 1. The van der Waals surface area contributed by atoms with Crippen LogP contribution in [0.4, 0.5) is 18.0 Å². The Kier molecular flexibility index (Phi) is 8.16. The molecule has 1 fully saturated rings. The van der Waals surface area contributed by atoms with Crippen LogP contribution in [0.25, 0.3) is 0 Å². The van der Waals surface area contributed by atoms with Crippen LogP contribution in [0.3, 0.4) is 0 Å². The summed E-state index contributed by atoms with van der Waals surface area (Å²) in [5.41, 5.74) is 5.34. The highest BCUT2D eigenvalue weighted by atomic mass is 19.4. The number of aliphatic imine (C=N–C) groups is 1. The van der Waals surface area contributed by atoms with Crippen molar-refractivity contribution in [3.63, 3.8) is 0 Å². The number of hydrogen-bond donors (Lipinski definition) is 3. The first-order valence-electron chi connectivity index (χ1n) is 9.97. The van der Waals surface area contributed by atoms with Crippen molar-refractivity contribution in [2.75, 3.05) is 26.2 Å². The molecule has 1 aliphatic rings. The Morgan fingerprint density at radius 1 is 1.34 bits per heavy atom. The van der Waals surface area contributed by atoms with Crippen LogP contribution >= 0.6 is 0 Å². The van der Waals surface area contributed by atoms with Crippen molar-refractivity contribution in [1.29, 1.82) is 0 Å². The normalized spacial score (nSPS) is 17.1. The van der Waals surface area contributed by atoms with Crippen LogP contribution in [-0.2, 0) is 6.18 Å². The number of carbonyl (C=O) groups excluding carboxylic acids is 1. The van der Waals surface area contributed by atoms with Crippen LogP contribution in [0.15, 0.2) is 29.3 Å². The number of rotatable bonds is 6. The van der Waals surface area contributed by atoms with Crippen LogP contribution in [0.2, 0.25) is 0 Å². The zero-order chi connectivity index (χ0) is 21.4. The molecule has 9 heteroatoms. The summed E-state index contributed by atoms with van der Waals surface area (Å²) in [5, 5.41) is 6.56. The average molecular weight is 413 g/mol. The highest BCUT2D eigenvalue weighted by molar-refractivity contribution is 5.80. The maximum atomic E-state index is 12.9. The summed E-state index contributed by atoms with van der Waals surface area (Å²) >= 11 is 0. The van der Waals surface area contributed by atoms with E-state index in [1.54, 1.807) is 11.0 Å². The topological polar surface area (TPSA) is 82.8 Å². The predicted molar refractivity (Wildman–Crippen MR) is 108 cm³/mol. The summed E-state index contributed by atoms with van der Waals surface area (Å²) in [6, 6.07) is 5.27. The van der Waals surface area contributed by atoms with Gasteiger partial charge in [0, 0.05) is 32.2 Å². The molecule has 0 aromatic heterocycles. The van der Waals surface area contributed by atoms with E-state index in [4.69, 9.17) is 5.73 Å². The second-order valence-electron chi connectivity index (χ2n) is 7.32. The number of benzene rings is 1. The molecule has 1 aliphatic heterocycles. The van der Waals surface area contributed by atoms with Gasteiger partial charge in [-0.2, -0.15) is 13.2 Å². The van der Waals surface area contributed by atoms with Gasteiger partial charge in [0.2, 0.25) is 0 Å². The van der Waals surface area contributed by atoms with Crippen molar-refractivity contribution in [3.05, 3.63) is 35.4 Å². The third-order valence-electron chi connectivity index (χ3n) is 5.11. The minimum Gasteiger partial charge on any atom is -0.357 e. The Morgan fingerprint density at radius 3 is 2.62 bits per heavy atom. The SMILES string of the molecule is CCNC(=NCCC(C)c1cccc(C(F)(F)F)c1)NC1CCN(C(N)=O)CC1. The molecule has 162 valence electrons. The number of amides is 2. The first kappa shape index (κ1) is 22.8. The third-order valence-corrected chi connectivity index (χ3v) is 5.11. The predicted octanol–water partition coefficient (Wildman–Crippen LogP) is 3.30. The minimum atomic E-state index is -4.33. The zero-order valence-electron chi connectivity index (χ0n) is 16.9. The van der Waals surface area contributed by atoms with Crippen molar-refractivity contribution >= 4 is 12.0 Å². The Hall–Kier alpha value is -2.45. The van der Waals surface area contributed by atoms with E-state index in [9.17, 15) is 18.0 Å². The quantitative estimate of drug-likeness (QED) is 0.494. The van der Waals surface area contributed by atoms with Crippen LogP contribution in [0, 0.1) is 0 Å². The molecule has 1 heterocycles. The fraction of sp³-hybridized carbons (Fsp3) is 0.600. The lowest BCUT2D eigenvalue weighted by Crippen LogP contribution is -2.50. The lowest BCUT2D eigenvalue weighted by molar-refractivity contribution is -0.137. The largest absolute Gasteiger partial charge is 0.416 e. The highest BCUT2D eigenvalue weighted by Crippen LogP contribution is 2.31. The summed E-state index contributed by atoms with van der Waals surface area (Å²) in [5.74, 6) is 0.643. The third kappa shape index (κ3) is 7.14. The van der Waals surface area contributed by atoms with E-state index in [0.29, 0.717) is 44.1 Å². The maximum Gasteiger partial charge on any atom is 0.416 e. The molecule has 6 nitrogen and oxygen atoms in total. The number of halogens is 3. The molecular formula is C20H30F3N5O. The fourth-order valence-electron chi connectivity index (χ4n) is 3.32. The van der Waals surface area contributed by atoms with Crippen molar-refractivity contribution in [2.24, 2.45) is 10.7 Å². The Labute approximate surface area is 169 Å². The van der Waals surface area contributed by atoms with Gasteiger partial charge >= 0.3 is 12.2 Å². The second-order valence-corrected chi connectivity index (χ2v) is 7.32. The molecule has 0 aliphatic carbocycles. The van der Waals surface area contributed by atoms with Gasteiger partial charge in [-0.3, -0.25) is 4.99 Å². The van der Waals surface area contributed by atoms with Crippen LogP contribution in [0.1, 0.15) is 50.2 Å². The van der Waals surface area contributed by atoms with E-state index < -0.39 is 17.8 Å². The molecule has 0 radical (unpaired) electrons. The molecule has 2 rings (SSSR count). The maximum absolute atomic E-state index is 12.9. The molecule has 2 amide bonds. The van der Waals surface area contributed by atoms with E-state index in [1.165, 1.54) is 12.1 Å². The van der Waals surface area contributed by atoms with E-state index in [0.717, 1.165) is 18.9 Å². The number of hydrogen-bond acceptors (Lipinski definition) is 2. The Morgan fingerprint density at radius 2 is 2.03 bits per heavy atom. The average Bonchev–Trinajstić information content (AvgIpc) is 2.68. The van der Waals surface area contributed by atoms with E-state index in [1.807, 2.05) is 13.8 Å². The summed E-state index contributed by atoms with van der Waals surface area (Å²) < 4.78 is 38.7.